The van der Waals surface area contributed by atoms with Gasteiger partial charge in [-0.2, -0.15) is 0 Å². The average Bonchev–Trinajstić information content (AvgIpc) is 3.76. The summed E-state index contributed by atoms with van der Waals surface area (Å²) < 4.78 is 49.6. The minimum Gasteiger partial charge on any atom is -0.388 e. The van der Waals surface area contributed by atoms with Gasteiger partial charge < -0.3 is 9.84 Å². The van der Waals surface area contributed by atoms with Gasteiger partial charge in [-0.25, -0.2) is 13.2 Å². The van der Waals surface area contributed by atoms with Gasteiger partial charge in [0.2, 0.25) is 0 Å². The van der Waals surface area contributed by atoms with Crippen LogP contribution < -0.4 is 0 Å². The number of rotatable bonds is 9. The number of hydrogen-bond donors (Lipinski definition) is 1. The Morgan fingerprint density at radius 1 is 0.811 bits per heavy atom. The van der Waals surface area contributed by atoms with Gasteiger partial charge in [0.1, 0.15) is 11.9 Å². The molecule has 1 aliphatic heterocycles. The van der Waals surface area contributed by atoms with Crippen molar-refractivity contribution in [2.75, 3.05) is 6.61 Å². The molecule has 4 aromatic rings. The lowest BCUT2D eigenvalue weighted by Crippen LogP contribution is -2.00. The second kappa shape index (κ2) is 10.9. The van der Waals surface area contributed by atoms with E-state index in [1.807, 2.05) is 37.3 Å². The van der Waals surface area contributed by atoms with Gasteiger partial charge in [-0.1, -0.05) is 86.1 Å². The van der Waals surface area contributed by atoms with Crippen LogP contribution in [0.5, 0.6) is 0 Å². The van der Waals surface area contributed by atoms with Crippen LogP contribution in [0.25, 0.3) is 22.3 Å². The van der Waals surface area contributed by atoms with Gasteiger partial charge in [0, 0.05) is 11.1 Å². The van der Waals surface area contributed by atoms with Crippen molar-refractivity contribution in [3.63, 3.8) is 0 Å². The van der Waals surface area contributed by atoms with Crippen LogP contribution >= 0.6 is 0 Å². The highest BCUT2D eigenvalue weighted by Crippen LogP contribution is 2.33. The zero-order chi connectivity index (χ0) is 25.9. The normalized spacial score (nSPS) is 15.5. The van der Waals surface area contributed by atoms with E-state index < -0.39 is 17.7 Å². The molecule has 4 aromatic carbocycles. The minimum absolute atomic E-state index is 0.00958. The number of ether oxygens (including phenoxy) is 1. The second-order valence-corrected chi connectivity index (χ2v) is 9.58. The maximum absolute atomic E-state index is 14.9. The maximum Gasteiger partial charge on any atom is 0.166 e. The van der Waals surface area contributed by atoms with Crippen molar-refractivity contribution in [3.8, 4) is 22.3 Å². The van der Waals surface area contributed by atoms with E-state index in [0.29, 0.717) is 42.6 Å². The number of hydrogen-bond acceptors (Lipinski definition) is 2. The highest BCUT2D eigenvalue weighted by Gasteiger charge is 2.25. The fraction of sp³-hybridized carbons (Fsp3) is 0.250. The van der Waals surface area contributed by atoms with Crippen LogP contribution in [0.2, 0.25) is 0 Å². The van der Waals surface area contributed by atoms with E-state index in [9.17, 15) is 18.3 Å². The average molecular weight is 503 g/mol. The van der Waals surface area contributed by atoms with Crippen LogP contribution in [0.3, 0.4) is 0 Å². The Kier molecular flexibility index (Phi) is 7.45. The van der Waals surface area contributed by atoms with Crippen LogP contribution in [0.4, 0.5) is 13.2 Å². The molecule has 1 saturated heterocycles. The van der Waals surface area contributed by atoms with Crippen molar-refractivity contribution in [2.45, 2.75) is 44.8 Å². The van der Waals surface area contributed by atoms with Crippen LogP contribution in [-0.2, 0) is 17.6 Å². The molecule has 2 atom stereocenters. The van der Waals surface area contributed by atoms with E-state index in [0.717, 1.165) is 28.7 Å². The Hall–Kier alpha value is -3.41. The van der Waals surface area contributed by atoms with Crippen LogP contribution in [0.1, 0.15) is 54.2 Å². The molecule has 0 aliphatic carbocycles. The van der Waals surface area contributed by atoms with Crippen molar-refractivity contribution < 1.29 is 23.0 Å². The Labute approximate surface area is 215 Å². The number of epoxide rings is 1. The molecule has 5 rings (SSSR count). The van der Waals surface area contributed by atoms with Crippen molar-refractivity contribution in [2.24, 2.45) is 0 Å². The first kappa shape index (κ1) is 25.2. The predicted molar refractivity (Wildman–Crippen MR) is 140 cm³/mol. The van der Waals surface area contributed by atoms with Crippen LogP contribution in [0, 0.1) is 17.5 Å². The predicted octanol–water partition coefficient (Wildman–Crippen LogP) is 8.13. The summed E-state index contributed by atoms with van der Waals surface area (Å²) in [4.78, 5) is 0. The molecule has 37 heavy (non-hydrogen) atoms. The standard InChI is InChI=1S/C32H29F3O2/c1-2-3-29(36)23-12-10-22(11-13-23)27-17-14-24(31(34)32(27)35)9-6-20-4-7-21(8-5-20)26-16-15-25(18-28(26)33)30-19-37-30/h4-5,7-8,10-18,29-30,36H,2-3,6,9,19H2,1H3. The molecule has 0 bridgehead atoms. The van der Waals surface area contributed by atoms with E-state index in [-0.39, 0.29) is 17.5 Å². The van der Waals surface area contributed by atoms with Gasteiger partial charge in [-0.05, 0) is 58.7 Å². The molecule has 1 aliphatic rings. The van der Waals surface area contributed by atoms with E-state index >= 15 is 0 Å². The lowest BCUT2D eigenvalue weighted by Gasteiger charge is -2.12. The molecule has 5 heteroatoms. The lowest BCUT2D eigenvalue weighted by atomic mass is 9.96. The van der Waals surface area contributed by atoms with Gasteiger partial charge in [-0.3, -0.25) is 0 Å². The quantitative estimate of drug-likeness (QED) is 0.234. The fourth-order valence-corrected chi connectivity index (χ4v) is 4.67. The van der Waals surface area contributed by atoms with Crippen molar-refractivity contribution >= 4 is 0 Å². The summed E-state index contributed by atoms with van der Waals surface area (Å²) in [6, 6.07) is 22.8. The maximum atomic E-state index is 14.9. The van der Waals surface area contributed by atoms with Gasteiger partial charge in [0.25, 0.3) is 0 Å². The molecule has 190 valence electrons. The molecule has 0 aromatic heterocycles. The first-order chi connectivity index (χ1) is 17.9. The highest BCUT2D eigenvalue weighted by molar-refractivity contribution is 5.66. The zero-order valence-electron chi connectivity index (χ0n) is 20.7. The molecular formula is C32H29F3O2. The molecule has 2 nitrogen and oxygen atoms in total. The Morgan fingerprint density at radius 3 is 2.11 bits per heavy atom. The summed E-state index contributed by atoms with van der Waals surface area (Å²) in [5.74, 6) is -2.00. The first-order valence-electron chi connectivity index (χ1n) is 12.7. The topological polar surface area (TPSA) is 32.8 Å². The van der Waals surface area contributed by atoms with Crippen LogP contribution in [-0.4, -0.2) is 11.7 Å². The Bertz CT molecular complexity index is 1380. The summed E-state index contributed by atoms with van der Waals surface area (Å²) in [6.07, 6.45) is 1.83. The molecular weight excluding hydrogens is 473 g/mol. The molecule has 1 fully saturated rings. The largest absolute Gasteiger partial charge is 0.388 e. The Morgan fingerprint density at radius 2 is 1.46 bits per heavy atom. The highest BCUT2D eigenvalue weighted by atomic mass is 19.2. The van der Waals surface area contributed by atoms with Gasteiger partial charge in [0.15, 0.2) is 11.6 Å². The van der Waals surface area contributed by atoms with Gasteiger partial charge in [-0.15, -0.1) is 0 Å². The van der Waals surface area contributed by atoms with E-state index in [1.54, 1.807) is 42.5 Å². The van der Waals surface area contributed by atoms with Crippen LogP contribution in [0.15, 0.2) is 78.9 Å². The third kappa shape index (κ3) is 5.63. The molecule has 0 amide bonds. The molecule has 0 radical (unpaired) electrons. The third-order valence-corrected chi connectivity index (χ3v) is 6.98. The lowest BCUT2D eigenvalue weighted by molar-refractivity contribution is 0.166. The minimum atomic E-state index is -0.870. The van der Waals surface area contributed by atoms with Crippen molar-refractivity contribution in [3.05, 3.63) is 119 Å². The summed E-state index contributed by atoms with van der Waals surface area (Å²) in [5, 5.41) is 10.1. The monoisotopic (exact) mass is 502 g/mol. The van der Waals surface area contributed by atoms with Crippen molar-refractivity contribution in [1.82, 2.24) is 0 Å². The SMILES string of the molecule is CCCC(O)c1ccc(-c2ccc(CCc3ccc(-c4ccc(C5CO5)cc4F)cc3)c(F)c2F)cc1. The Balaban J connectivity index is 1.25. The third-order valence-electron chi connectivity index (χ3n) is 6.98. The number of halogens is 3. The molecule has 2 unspecified atom stereocenters. The second-order valence-electron chi connectivity index (χ2n) is 9.58. The van der Waals surface area contributed by atoms with E-state index in [2.05, 4.69) is 0 Å². The summed E-state index contributed by atoms with van der Waals surface area (Å²) in [7, 11) is 0. The van der Waals surface area contributed by atoms with Gasteiger partial charge >= 0.3 is 0 Å². The smallest absolute Gasteiger partial charge is 0.166 e. The fourth-order valence-electron chi connectivity index (χ4n) is 4.67. The summed E-state index contributed by atoms with van der Waals surface area (Å²) >= 11 is 0. The van der Waals surface area contributed by atoms with E-state index in [4.69, 9.17) is 4.74 Å². The molecule has 1 heterocycles. The van der Waals surface area contributed by atoms with E-state index in [1.165, 1.54) is 6.07 Å². The van der Waals surface area contributed by atoms with Gasteiger partial charge in [0.05, 0.1) is 12.7 Å². The molecule has 0 saturated carbocycles. The number of aliphatic hydroxyl groups excluding tert-OH is 1. The summed E-state index contributed by atoms with van der Waals surface area (Å²) in [5.41, 5.74) is 4.93. The first-order valence-corrected chi connectivity index (χ1v) is 12.7. The number of aliphatic hydroxyl groups is 1. The number of aryl methyl sites for hydroxylation is 2. The van der Waals surface area contributed by atoms with Crippen molar-refractivity contribution in [1.29, 1.82) is 0 Å². The zero-order valence-corrected chi connectivity index (χ0v) is 20.7. The number of benzene rings is 4. The summed E-state index contributed by atoms with van der Waals surface area (Å²) in [6.45, 7) is 2.64. The molecule has 0 spiro atoms. The molecule has 1 N–H and O–H groups in total.